The first-order valence-corrected chi connectivity index (χ1v) is 17.8. The van der Waals surface area contributed by atoms with Crippen LogP contribution < -0.4 is 21.8 Å². The SMILES string of the molecule is C=O.C=O.CC.CC.COC.Cc1ccc(C(=O)Nc2cc3cc[nH]c(=O)c3cc2Cl)cc1.O=Cc1ccc(C(=O)Nc2cc3cc[nH]c(=O)c3cc2Cl)c(O)c1. The molecule has 15 heteroatoms. The van der Waals surface area contributed by atoms with E-state index in [1.54, 1.807) is 62.9 Å². The van der Waals surface area contributed by atoms with Crippen LogP contribution in [-0.4, -0.2) is 61.0 Å². The molecule has 2 amide bonds. The predicted octanol–water partition coefficient (Wildman–Crippen LogP) is 8.64. The van der Waals surface area contributed by atoms with Crippen molar-refractivity contribution in [3.63, 3.8) is 0 Å². The first-order valence-electron chi connectivity index (χ1n) is 17.0. The summed E-state index contributed by atoms with van der Waals surface area (Å²) in [5.41, 5.74) is 2.18. The minimum absolute atomic E-state index is 0.00247. The van der Waals surface area contributed by atoms with Crippen molar-refractivity contribution in [1.82, 2.24) is 9.97 Å². The Balaban J connectivity index is 0.000000887. The maximum Gasteiger partial charge on any atom is 0.259 e. The van der Waals surface area contributed by atoms with Crippen LogP contribution in [0.2, 0.25) is 10.0 Å². The molecule has 0 unspecified atom stereocenters. The maximum absolute atomic E-state index is 12.3. The number of benzene rings is 4. The third-order valence-electron chi connectivity index (χ3n) is 6.93. The summed E-state index contributed by atoms with van der Waals surface area (Å²) in [6.45, 7) is 14.0. The van der Waals surface area contributed by atoms with Crippen molar-refractivity contribution in [2.75, 3.05) is 24.9 Å². The number of phenolic OH excluding ortho intramolecular Hbond substituents is 1. The number of halogens is 2. The number of aryl methyl sites for hydroxylation is 1. The Morgan fingerprint density at radius 3 is 1.51 bits per heavy atom. The van der Waals surface area contributed by atoms with Crippen LogP contribution in [-0.2, 0) is 14.3 Å². The summed E-state index contributed by atoms with van der Waals surface area (Å²) in [6.07, 6.45) is 3.62. The molecule has 6 aromatic rings. The van der Waals surface area contributed by atoms with E-state index >= 15 is 0 Å². The second-order valence-corrected chi connectivity index (χ2v) is 11.3. The number of pyridine rings is 2. The van der Waals surface area contributed by atoms with Crippen LogP contribution in [0.1, 0.15) is 64.3 Å². The van der Waals surface area contributed by atoms with Crippen LogP contribution in [0.5, 0.6) is 5.75 Å². The maximum atomic E-state index is 12.3. The number of aldehydes is 1. The molecule has 0 saturated heterocycles. The Morgan fingerprint density at radius 1 is 0.684 bits per heavy atom. The number of ether oxygens (including phenoxy) is 1. The lowest BCUT2D eigenvalue weighted by molar-refractivity contribution is -0.0987. The average Bonchev–Trinajstić information content (AvgIpc) is 3.23. The van der Waals surface area contributed by atoms with Crippen molar-refractivity contribution in [2.45, 2.75) is 34.6 Å². The summed E-state index contributed by atoms with van der Waals surface area (Å²) in [5.74, 6) is -1.15. The van der Waals surface area contributed by atoms with Crippen molar-refractivity contribution in [3.8, 4) is 5.75 Å². The highest BCUT2D eigenvalue weighted by Gasteiger charge is 2.15. The number of methoxy groups -OCH3 is 1. The number of H-pyrrole nitrogens is 2. The minimum atomic E-state index is -0.587. The van der Waals surface area contributed by atoms with Gasteiger partial charge in [-0.1, -0.05) is 74.7 Å². The molecule has 6 rings (SSSR count). The number of hydrogen-bond donors (Lipinski definition) is 5. The van der Waals surface area contributed by atoms with E-state index in [4.69, 9.17) is 32.8 Å². The molecule has 302 valence electrons. The van der Waals surface area contributed by atoms with Crippen molar-refractivity contribution in [2.24, 2.45) is 0 Å². The Labute approximate surface area is 340 Å². The number of rotatable bonds is 5. The first kappa shape index (κ1) is 50.6. The normalized spacial score (nSPS) is 9.21. The highest BCUT2D eigenvalue weighted by atomic mass is 35.5. The van der Waals surface area contributed by atoms with E-state index in [-0.39, 0.29) is 38.9 Å². The number of carbonyl (C=O) groups is 5. The lowest BCUT2D eigenvalue weighted by Crippen LogP contribution is -2.13. The fourth-order valence-electron chi connectivity index (χ4n) is 4.51. The lowest BCUT2D eigenvalue weighted by atomic mass is 10.1. The monoisotopic (exact) mass is 820 g/mol. The average molecular weight is 822 g/mol. The second kappa shape index (κ2) is 27.2. The van der Waals surface area contributed by atoms with E-state index in [1.165, 1.54) is 30.5 Å². The van der Waals surface area contributed by atoms with Gasteiger partial charge in [0.1, 0.15) is 25.6 Å². The molecule has 13 nitrogen and oxygen atoms in total. The van der Waals surface area contributed by atoms with Gasteiger partial charge >= 0.3 is 0 Å². The van der Waals surface area contributed by atoms with Gasteiger partial charge in [-0.05, 0) is 78.4 Å². The Kier molecular flexibility index (Phi) is 24.2. The van der Waals surface area contributed by atoms with Crippen LogP contribution in [0, 0.1) is 6.92 Å². The second-order valence-electron chi connectivity index (χ2n) is 10.5. The van der Waals surface area contributed by atoms with Crippen LogP contribution in [0.25, 0.3) is 21.5 Å². The zero-order chi connectivity index (χ0) is 43.7. The molecule has 57 heavy (non-hydrogen) atoms. The Hall–Kier alpha value is -6.41. The van der Waals surface area contributed by atoms with E-state index in [9.17, 15) is 29.1 Å². The molecule has 0 radical (unpaired) electrons. The quantitative estimate of drug-likeness (QED) is 0.105. The van der Waals surface area contributed by atoms with E-state index < -0.39 is 5.91 Å². The number of hydrogen-bond acceptors (Lipinski definition) is 9. The molecule has 2 heterocycles. The topological polar surface area (TPSA) is 205 Å². The zero-order valence-corrected chi connectivity index (χ0v) is 34.1. The summed E-state index contributed by atoms with van der Waals surface area (Å²) >= 11 is 12.3. The van der Waals surface area contributed by atoms with Crippen molar-refractivity contribution < 1.29 is 33.8 Å². The Bertz CT molecular complexity index is 2330. The molecule has 0 aliphatic carbocycles. The van der Waals surface area contributed by atoms with E-state index in [2.05, 4.69) is 25.3 Å². The number of amides is 2. The molecule has 0 fully saturated rings. The van der Waals surface area contributed by atoms with Gasteiger partial charge in [0.05, 0.1) is 27.0 Å². The molecule has 5 N–H and O–H groups in total. The fraction of sp³-hybridized carbons (Fsp3) is 0.167. The van der Waals surface area contributed by atoms with Gasteiger partial charge < -0.3 is 40.0 Å². The molecule has 0 bridgehead atoms. The molecule has 0 spiro atoms. The molecule has 2 aromatic heterocycles. The Morgan fingerprint density at radius 2 is 1.11 bits per heavy atom. The van der Waals surface area contributed by atoms with Gasteiger partial charge in [-0.2, -0.15) is 0 Å². The predicted molar refractivity (Wildman–Crippen MR) is 230 cm³/mol. The first-order chi connectivity index (χ1) is 27.4. The van der Waals surface area contributed by atoms with Crippen LogP contribution in [0.15, 0.2) is 101 Å². The molecule has 0 aliphatic heterocycles. The van der Waals surface area contributed by atoms with Crippen molar-refractivity contribution >= 4 is 87.8 Å². The number of nitrogens with one attached hydrogen (secondary N) is 4. The molecule has 0 aliphatic rings. The number of aromatic nitrogens is 2. The number of anilines is 2. The lowest BCUT2D eigenvalue weighted by Gasteiger charge is -2.10. The molecular weight excluding hydrogens is 775 g/mol. The van der Waals surface area contributed by atoms with Gasteiger partial charge in [-0.25, -0.2) is 0 Å². The summed E-state index contributed by atoms with van der Waals surface area (Å²) in [4.78, 5) is 79.8. The number of aromatic hydroxyl groups is 1. The van der Waals surface area contributed by atoms with Gasteiger partial charge in [0.2, 0.25) is 0 Å². The van der Waals surface area contributed by atoms with Crippen molar-refractivity contribution in [1.29, 1.82) is 0 Å². The van der Waals surface area contributed by atoms with Gasteiger partial charge in [0, 0.05) is 48.5 Å². The van der Waals surface area contributed by atoms with Gasteiger partial charge in [0.25, 0.3) is 22.9 Å². The zero-order valence-electron chi connectivity index (χ0n) is 32.6. The van der Waals surface area contributed by atoms with Gasteiger partial charge in [-0.3, -0.25) is 24.0 Å². The number of carbonyl (C=O) groups excluding carboxylic acids is 5. The summed E-state index contributed by atoms with van der Waals surface area (Å²) in [6, 6.07) is 20.9. The summed E-state index contributed by atoms with van der Waals surface area (Å²) < 4.78 is 4.25. The largest absolute Gasteiger partial charge is 0.507 e. The highest BCUT2D eigenvalue weighted by Crippen LogP contribution is 2.29. The molecular formula is C42H46Cl2N4O9. The molecule has 4 aromatic carbocycles. The number of phenols is 1. The van der Waals surface area contributed by atoms with E-state index in [0.29, 0.717) is 49.8 Å². The van der Waals surface area contributed by atoms with Gasteiger partial charge in [0.15, 0.2) is 0 Å². The van der Waals surface area contributed by atoms with Crippen LogP contribution in [0.3, 0.4) is 0 Å². The highest BCUT2D eigenvalue weighted by molar-refractivity contribution is 6.35. The summed E-state index contributed by atoms with van der Waals surface area (Å²) in [7, 11) is 3.25. The van der Waals surface area contributed by atoms with Crippen molar-refractivity contribution in [3.05, 3.63) is 144 Å². The third kappa shape index (κ3) is 15.0. The number of aromatic amines is 2. The fourth-order valence-corrected chi connectivity index (χ4v) is 4.94. The number of fused-ring (bicyclic) bond motifs is 2. The third-order valence-corrected chi connectivity index (χ3v) is 7.56. The molecule has 0 atom stereocenters. The van der Waals surface area contributed by atoms with E-state index in [0.717, 1.165) is 5.56 Å². The standard InChI is InChI=1S/C17H11ClN2O4.C17H13ClN2O2.C2H6O.2C2H6.2CH2O/c18-13-7-12-10(3-4-19-16(12)23)6-14(13)20-17(24)11-2-1-9(8-21)5-15(11)22;1-10-2-4-11(5-3-10)16(21)20-15-8-12-6-7-19-17(22)13(12)9-14(15)18;1-3-2;4*1-2/h1-8,22H,(H,19,23)(H,20,24);2-9H,1H3,(H,19,22)(H,20,21);1-2H3;2*1-2H3;2*1H2. The van der Waals surface area contributed by atoms with Gasteiger partial charge in [-0.15, -0.1) is 0 Å². The van der Waals surface area contributed by atoms with E-state index in [1.807, 2.05) is 60.3 Å². The smallest absolute Gasteiger partial charge is 0.259 e. The minimum Gasteiger partial charge on any atom is -0.507 e. The summed E-state index contributed by atoms with van der Waals surface area (Å²) in [5, 5.41) is 17.9. The van der Waals surface area contributed by atoms with Crippen LogP contribution >= 0.6 is 23.2 Å². The molecule has 0 saturated carbocycles. The van der Waals surface area contributed by atoms with Crippen LogP contribution in [0.4, 0.5) is 11.4 Å².